The Hall–Kier alpha value is -1.10. The fourth-order valence-corrected chi connectivity index (χ4v) is 2.28. The van der Waals surface area contributed by atoms with Crippen molar-refractivity contribution in [3.8, 4) is 0 Å². The van der Waals surface area contributed by atoms with E-state index in [1.54, 1.807) is 0 Å². The molecule has 78 valence electrons. The highest BCUT2D eigenvalue weighted by molar-refractivity contribution is 5.79. The average Bonchev–Trinajstić information content (AvgIpc) is 2.16. The van der Waals surface area contributed by atoms with Gasteiger partial charge in [0, 0.05) is 12.1 Å². The number of hydrogen-bond donors (Lipinski definition) is 3. The lowest BCUT2D eigenvalue weighted by molar-refractivity contribution is -0.144. The van der Waals surface area contributed by atoms with Crippen molar-refractivity contribution in [2.45, 2.75) is 31.3 Å². The molecule has 0 aromatic rings. The molecule has 0 radical (unpaired) electrons. The zero-order valence-corrected chi connectivity index (χ0v) is 7.82. The molecule has 0 spiro atoms. The summed E-state index contributed by atoms with van der Waals surface area (Å²) < 4.78 is 0. The highest BCUT2D eigenvalue weighted by atomic mass is 16.4. The summed E-state index contributed by atoms with van der Waals surface area (Å²) in [7, 11) is 0. The van der Waals surface area contributed by atoms with E-state index in [1.807, 2.05) is 0 Å². The monoisotopic (exact) mass is 198 g/mol. The topological polar surface area (TPSA) is 78.4 Å². The Morgan fingerprint density at radius 3 is 2.86 bits per heavy atom. The van der Waals surface area contributed by atoms with Gasteiger partial charge in [0.05, 0.1) is 12.5 Å². The molecule has 1 saturated heterocycles. The lowest BCUT2D eigenvalue weighted by Gasteiger charge is -2.38. The standard InChI is InChI=1S/C9H14N2O3/c12-8-4-10-6-2-1-5(9(13)14)3-7(6)11-8/h5-7,10H,1-4H2,(H,11,12)(H,13,14)/t5?,6-,7+/m1/s1. The molecule has 1 unspecified atom stereocenters. The summed E-state index contributed by atoms with van der Waals surface area (Å²) in [4.78, 5) is 21.9. The van der Waals surface area contributed by atoms with Crippen molar-refractivity contribution >= 4 is 11.9 Å². The van der Waals surface area contributed by atoms with E-state index in [2.05, 4.69) is 10.6 Å². The number of fused-ring (bicyclic) bond motifs is 1. The van der Waals surface area contributed by atoms with Gasteiger partial charge in [-0.05, 0) is 19.3 Å². The molecule has 0 bridgehead atoms. The third-order valence-corrected chi connectivity index (χ3v) is 3.07. The third-order valence-electron chi connectivity index (χ3n) is 3.07. The van der Waals surface area contributed by atoms with Crippen molar-refractivity contribution in [3.05, 3.63) is 0 Å². The summed E-state index contributed by atoms with van der Waals surface area (Å²) in [6.45, 7) is 0.360. The van der Waals surface area contributed by atoms with Crippen LogP contribution >= 0.6 is 0 Å². The van der Waals surface area contributed by atoms with Crippen LogP contribution in [0.4, 0.5) is 0 Å². The summed E-state index contributed by atoms with van der Waals surface area (Å²) in [6.07, 6.45) is 2.10. The molecular weight excluding hydrogens is 184 g/mol. The number of amides is 1. The van der Waals surface area contributed by atoms with E-state index >= 15 is 0 Å². The largest absolute Gasteiger partial charge is 0.481 e. The highest BCUT2D eigenvalue weighted by Gasteiger charge is 2.36. The number of rotatable bonds is 1. The molecule has 0 aromatic carbocycles. The Bertz CT molecular complexity index is 265. The zero-order chi connectivity index (χ0) is 10.1. The van der Waals surface area contributed by atoms with Crippen molar-refractivity contribution in [3.63, 3.8) is 0 Å². The van der Waals surface area contributed by atoms with Crippen LogP contribution in [0.15, 0.2) is 0 Å². The maximum Gasteiger partial charge on any atom is 0.306 e. The smallest absolute Gasteiger partial charge is 0.306 e. The normalized spacial score (nSPS) is 37.1. The first kappa shape index (κ1) is 9.45. The minimum absolute atomic E-state index is 0.00565. The van der Waals surface area contributed by atoms with Crippen molar-refractivity contribution < 1.29 is 14.7 Å². The minimum Gasteiger partial charge on any atom is -0.481 e. The first-order valence-electron chi connectivity index (χ1n) is 4.92. The molecule has 5 heteroatoms. The van der Waals surface area contributed by atoms with Crippen LogP contribution in [0.2, 0.25) is 0 Å². The summed E-state index contributed by atoms with van der Waals surface area (Å²) in [5, 5.41) is 14.8. The van der Waals surface area contributed by atoms with Gasteiger partial charge in [-0.15, -0.1) is 0 Å². The lowest BCUT2D eigenvalue weighted by atomic mass is 9.81. The number of carbonyl (C=O) groups is 2. The molecule has 2 rings (SSSR count). The van der Waals surface area contributed by atoms with Gasteiger partial charge in [-0.1, -0.05) is 0 Å². The molecule has 1 aliphatic heterocycles. The van der Waals surface area contributed by atoms with E-state index in [0.717, 1.165) is 6.42 Å². The number of nitrogens with one attached hydrogen (secondary N) is 2. The number of piperazine rings is 1. The van der Waals surface area contributed by atoms with Crippen molar-refractivity contribution in [2.75, 3.05) is 6.54 Å². The molecule has 2 aliphatic rings. The van der Waals surface area contributed by atoms with E-state index < -0.39 is 5.97 Å². The highest BCUT2D eigenvalue weighted by Crippen LogP contribution is 2.26. The second kappa shape index (κ2) is 3.57. The van der Waals surface area contributed by atoms with Crippen LogP contribution in [0.25, 0.3) is 0 Å². The van der Waals surface area contributed by atoms with E-state index in [9.17, 15) is 9.59 Å². The SMILES string of the molecule is O=C1CN[C@@H]2CCC(C(=O)O)C[C@@H]2N1. The second-order valence-electron chi connectivity index (χ2n) is 4.01. The van der Waals surface area contributed by atoms with E-state index in [4.69, 9.17) is 5.11 Å². The maximum absolute atomic E-state index is 11.1. The number of carboxylic acids is 1. The number of carboxylic acid groups (broad SMARTS) is 1. The minimum atomic E-state index is -0.747. The Morgan fingerprint density at radius 2 is 2.14 bits per heavy atom. The van der Waals surface area contributed by atoms with Crippen LogP contribution in [-0.2, 0) is 9.59 Å². The Labute approximate surface area is 81.9 Å². The van der Waals surface area contributed by atoms with Crippen LogP contribution in [0, 0.1) is 5.92 Å². The molecule has 1 aliphatic carbocycles. The summed E-state index contributed by atoms with van der Waals surface area (Å²) >= 11 is 0. The number of aliphatic carboxylic acids is 1. The molecule has 2 fully saturated rings. The zero-order valence-electron chi connectivity index (χ0n) is 7.82. The second-order valence-corrected chi connectivity index (χ2v) is 4.01. The molecule has 1 amide bonds. The predicted molar refractivity (Wildman–Crippen MR) is 48.7 cm³/mol. The molecule has 1 saturated carbocycles. The van der Waals surface area contributed by atoms with Crippen LogP contribution in [0.1, 0.15) is 19.3 Å². The van der Waals surface area contributed by atoms with Gasteiger partial charge >= 0.3 is 5.97 Å². The first-order valence-corrected chi connectivity index (χ1v) is 4.92. The van der Waals surface area contributed by atoms with Gasteiger partial charge in [-0.25, -0.2) is 0 Å². The third kappa shape index (κ3) is 1.72. The summed E-state index contributed by atoms with van der Waals surface area (Å²) in [6, 6.07) is 0.273. The summed E-state index contributed by atoms with van der Waals surface area (Å²) in [5.41, 5.74) is 0. The molecule has 0 aromatic heterocycles. The van der Waals surface area contributed by atoms with Crippen LogP contribution in [0.5, 0.6) is 0 Å². The van der Waals surface area contributed by atoms with E-state index in [0.29, 0.717) is 19.4 Å². The predicted octanol–water partition coefficient (Wildman–Crippen LogP) is -0.672. The molecule has 1 heterocycles. The van der Waals surface area contributed by atoms with Crippen LogP contribution in [0.3, 0.4) is 0 Å². The first-order chi connectivity index (χ1) is 6.66. The molecule has 5 nitrogen and oxygen atoms in total. The fourth-order valence-electron chi connectivity index (χ4n) is 2.28. The van der Waals surface area contributed by atoms with Gasteiger partial charge in [-0.2, -0.15) is 0 Å². The van der Waals surface area contributed by atoms with Gasteiger partial charge in [0.15, 0.2) is 0 Å². The fraction of sp³-hybridized carbons (Fsp3) is 0.778. The van der Waals surface area contributed by atoms with Crippen molar-refractivity contribution in [1.82, 2.24) is 10.6 Å². The Morgan fingerprint density at radius 1 is 1.36 bits per heavy atom. The quantitative estimate of drug-likeness (QED) is 0.522. The Kier molecular flexibility index (Phi) is 2.41. The number of carbonyl (C=O) groups excluding carboxylic acids is 1. The van der Waals surface area contributed by atoms with E-state index in [1.165, 1.54) is 0 Å². The molecule has 3 N–H and O–H groups in total. The maximum atomic E-state index is 11.1. The van der Waals surface area contributed by atoms with E-state index in [-0.39, 0.29) is 23.9 Å². The number of hydrogen-bond acceptors (Lipinski definition) is 3. The van der Waals surface area contributed by atoms with Gasteiger partial charge in [0.25, 0.3) is 0 Å². The lowest BCUT2D eigenvalue weighted by Crippen LogP contribution is -2.61. The molecular formula is C9H14N2O3. The van der Waals surface area contributed by atoms with Crippen LogP contribution < -0.4 is 10.6 Å². The Balaban J connectivity index is 1.99. The average molecular weight is 198 g/mol. The van der Waals surface area contributed by atoms with Gasteiger partial charge in [-0.3, -0.25) is 9.59 Å². The summed E-state index contributed by atoms with van der Waals surface area (Å²) in [5.74, 6) is -1.07. The molecule has 3 atom stereocenters. The van der Waals surface area contributed by atoms with Crippen LogP contribution in [-0.4, -0.2) is 35.6 Å². The molecule has 14 heavy (non-hydrogen) atoms. The van der Waals surface area contributed by atoms with Crippen molar-refractivity contribution in [1.29, 1.82) is 0 Å². The van der Waals surface area contributed by atoms with Crippen molar-refractivity contribution in [2.24, 2.45) is 5.92 Å². The van der Waals surface area contributed by atoms with Gasteiger partial charge in [0.1, 0.15) is 0 Å². The van der Waals surface area contributed by atoms with Gasteiger partial charge in [0.2, 0.25) is 5.91 Å². The van der Waals surface area contributed by atoms with Gasteiger partial charge < -0.3 is 15.7 Å².